The molecule has 0 radical (unpaired) electrons. The van der Waals surface area contributed by atoms with E-state index in [0.29, 0.717) is 29.2 Å². The Morgan fingerprint density at radius 1 is 1.29 bits per heavy atom. The molecule has 0 aliphatic carbocycles. The number of pyridine rings is 1. The zero-order valence-electron chi connectivity index (χ0n) is 11.5. The molecule has 21 heavy (non-hydrogen) atoms. The lowest BCUT2D eigenvalue weighted by atomic mass is 10.2. The third-order valence-electron chi connectivity index (χ3n) is 3.10. The first-order chi connectivity index (χ1) is 9.97. The predicted molar refractivity (Wildman–Crippen MR) is 80.6 cm³/mol. The minimum absolute atomic E-state index is 0.0401. The molecule has 0 bridgehead atoms. The smallest absolute Gasteiger partial charge is 0.303 e. The molecule has 1 N–H and O–H groups in total. The van der Waals surface area contributed by atoms with E-state index in [1.165, 1.54) is 4.90 Å². The number of hydrogen-bond acceptors (Lipinski definition) is 3. The van der Waals surface area contributed by atoms with Crippen molar-refractivity contribution < 1.29 is 14.7 Å². The molecule has 0 fully saturated rings. The fourth-order valence-electron chi connectivity index (χ4n) is 1.97. The molecule has 0 unspecified atom stereocenters. The second kappa shape index (κ2) is 6.54. The van der Waals surface area contributed by atoms with Crippen molar-refractivity contribution in [3.8, 4) is 0 Å². The highest BCUT2D eigenvalue weighted by atomic mass is 35.5. The lowest BCUT2D eigenvalue weighted by Gasteiger charge is -2.16. The largest absolute Gasteiger partial charge is 0.481 e. The van der Waals surface area contributed by atoms with E-state index in [4.69, 9.17) is 16.7 Å². The summed E-state index contributed by atoms with van der Waals surface area (Å²) in [4.78, 5) is 28.5. The molecule has 0 aliphatic rings. The number of fused-ring (bicyclic) bond motifs is 1. The van der Waals surface area contributed by atoms with Crippen LogP contribution in [0.1, 0.15) is 23.3 Å². The molecule has 0 saturated carbocycles. The Hall–Kier alpha value is -2.14. The first-order valence-corrected chi connectivity index (χ1v) is 6.89. The van der Waals surface area contributed by atoms with Crippen LogP contribution in [0.4, 0.5) is 0 Å². The Balaban J connectivity index is 2.13. The molecular weight excluding hydrogens is 292 g/mol. The van der Waals surface area contributed by atoms with Crippen LogP contribution in [0.15, 0.2) is 30.3 Å². The first-order valence-electron chi connectivity index (χ1n) is 6.51. The van der Waals surface area contributed by atoms with E-state index in [-0.39, 0.29) is 12.3 Å². The van der Waals surface area contributed by atoms with Gasteiger partial charge in [-0.15, -0.1) is 0 Å². The molecule has 110 valence electrons. The number of hydrogen-bond donors (Lipinski definition) is 1. The highest BCUT2D eigenvalue weighted by molar-refractivity contribution is 6.31. The number of carbonyl (C=O) groups is 2. The van der Waals surface area contributed by atoms with E-state index in [9.17, 15) is 9.59 Å². The van der Waals surface area contributed by atoms with E-state index in [0.717, 1.165) is 5.39 Å². The molecule has 0 aliphatic heterocycles. The SMILES string of the molecule is CN(CCCC(=O)O)C(=O)c1ccc2ccc(Cl)cc2n1. The number of carboxylic acid groups (broad SMARTS) is 1. The van der Waals surface area contributed by atoms with Crippen LogP contribution in [0.3, 0.4) is 0 Å². The van der Waals surface area contributed by atoms with Crippen LogP contribution in [0.2, 0.25) is 5.02 Å². The lowest BCUT2D eigenvalue weighted by molar-refractivity contribution is -0.137. The molecule has 1 amide bonds. The third-order valence-corrected chi connectivity index (χ3v) is 3.34. The average Bonchev–Trinajstić information content (AvgIpc) is 2.45. The Bertz CT molecular complexity index is 688. The first kappa shape index (κ1) is 15.3. The van der Waals surface area contributed by atoms with Gasteiger partial charge in [0.15, 0.2) is 0 Å². The van der Waals surface area contributed by atoms with Crippen LogP contribution in [-0.4, -0.2) is 40.5 Å². The normalized spacial score (nSPS) is 10.6. The molecule has 2 aromatic rings. The number of aliphatic carboxylic acids is 1. The van der Waals surface area contributed by atoms with E-state index < -0.39 is 5.97 Å². The maximum Gasteiger partial charge on any atom is 0.303 e. The Kier molecular flexibility index (Phi) is 4.75. The van der Waals surface area contributed by atoms with Crippen LogP contribution in [0, 0.1) is 0 Å². The predicted octanol–water partition coefficient (Wildman–Crippen LogP) is 2.83. The Labute approximate surface area is 127 Å². The van der Waals surface area contributed by atoms with Gasteiger partial charge >= 0.3 is 5.97 Å². The summed E-state index contributed by atoms with van der Waals surface area (Å²) < 4.78 is 0. The number of carboxylic acids is 1. The van der Waals surface area contributed by atoms with Gasteiger partial charge in [-0.05, 0) is 24.6 Å². The molecular formula is C15H15ClN2O3. The minimum atomic E-state index is -0.866. The second-order valence-corrected chi connectivity index (χ2v) is 5.19. The van der Waals surface area contributed by atoms with Crippen LogP contribution < -0.4 is 0 Å². The van der Waals surface area contributed by atoms with Crippen LogP contribution >= 0.6 is 11.6 Å². The van der Waals surface area contributed by atoms with Gasteiger partial charge in [-0.1, -0.05) is 23.7 Å². The monoisotopic (exact) mass is 306 g/mol. The molecule has 0 atom stereocenters. The van der Waals surface area contributed by atoms with Gasteiger partial charge in [0.25, 0.3) is 5.91 Å². The number of halogens is 1. The fourth-order valence-corrected chi connectivity index (χ4v) is 2.14. The van der Waals surface area contributed by atoms with Gasteiger partial charge in [-0.3, -0.25) is 9.59 Å². The van der Waals surface area contributed by atoms with Gasteiger partial charge < -0.3 is 10.0 Å². The highest BCUT2D eigenvalue weighted by Gasteiger charge is 2.14. The van der Waals surface area contributed by atoms with Crippen molar-refractivity contribution in [1.82, 2.24) is 9.88 Å². The van der Waals surface area contributed by atoms with Gasteiger partial charge in [0.05, 0.1) is 5.52 Å². The molecule has 6 heteroatoms. The third kappa shape index (κ3) is 3.92. The van der Waals surface area contributed by atoms with Crippen LogP contribution in [0.25, 0.3) is 10.9 Å². The molecule has 1 heterocycles. The van der Waals surface area contributed by atoms with Crippen molar-refractivity contribution in [1.29, 1.82) is 0 Å². The molecule has 5 nitrogen and oxygen atoms in total. The zero-order valence-corrected chi connectivity index (χ0v) is 12.3. The molecule has 2 rings (SSSR count). The van der Waals surface area contributed by atoms with E-state index in [1.54, 1.807) is 25.2 Å². The summed E-state index contributed by atoms with van der Waals surface area (Å²) in [6.07, 6.45) is 0.454. The number of aromatic nitrogens is 1. The van der Waals surface area contributed by atoms with Crippen molar-refractivity contribution in [3.05, 3.63) is 41.0 Å². The average molecular weight is 307 g/mol. The summed E-state index contributed by atoms with van der Waals surface area (Å²) in [5.41, 5.74) is 0.981. The minimum Gasteiger partial charge on any atom is -0.481 e. The zero-order chi connectivity index (χ0) is 15.4. The number of benzene rings is 1. The van der Waals surface area contributed by atoms with Gasteiger partial charge in [-0.25, -0.2) is 4.98 Å². The summed E-state index contributed by atoms with van der Waals surface area (Å²) >= 11 is 5.92. The summed E-state index contributed by atoms with van der Waals surface area (Å²) in [5.74, 6) is -1.10. The maximum atomic E-state index is 12.2. The van der Waals surface area contributed by atoms with E-state index >= 15 is 0 Å². The molecule has 0 saturated heterocycles. The van der Waals surface area contributed by atoms with Gasteiger partial charge in [0, 0.05) is 30.4 Å². The number of carbonyl (C=O) groups excluding carboxylic acids is 1. The van der Waals surface area contributed by atoms with Crippen LogP contribution in [-0.2, 0) is 4.79 Å². The molecule has 1 aromatic carbocycles. The topological polar surface area (TPSA) is 70.5 Å². The van der Waals surface area contributed by atoms with E-state index in [1.807, 2.05) is 12.1 Å². The summed E-state index contributed by atoms with van der Waals surface area (Å²) in [5, 5.41) is 10.1. The van der Waals surface area contributed by atoms with Crippen molar-refractivity contribution in [2.45, 2.75) is 12.8 Å². The lowest BCUT2D eigenvalue weighted by Crippen LogP contribution is -2.28. The van der Waals surface area contributed by atoms with Crippen LogP contribution in [0.5, 0.6) is 0 Å². The number of nitrogens with zero attached hydrogens (tertiary/aromatic N) is 2. The van der Waals surface area contributed by atoms with Gasteiger partial charge in [0.2, 0.25) is 0 Å². The number of rotatable bonds is 5. The quantitative estimate of drug-likeness (QED) is 0.922. The Morgan fingerprint density at radius 3 is 2.71 bits per heavy atom. The highest BCUT2D eigenvalue weighted by Crippen LogP contribution is 2.18. The molecule has 1 aromatic heterocycles. The number of amides is 1. The Morgan fingerprint density at radius 2 is 2.00 bits per heavy atom. The van der Waals surface area contributed by atoms with Crippen molar-refractivity contribution in [3.63, 3.8) is 0 Å². The molecule has 0 spiro atoms. The summed E-state index contributed by atoms with van der Waals surface area (Å²) in [6.45, 7) is 0.375. The maximum absolute atomic E-state index is 12.2. The second-order valence-electron chi connectivity index (χ2n) is 4.76. The van der Waals surface area contributed by atoms with Crippen molar-refractivity contribution in [2.24, 2.45) is 0 Å². The van der Waals surface area contributed by atoms with Gasteiger partial charge in [-0.2, -0.15) is 0 Å². The van der Waals surface area contributed by atoms with Gasteiger partial charge in [0.1, 0.15) is 5.69 Å². The summed E-state index contributed by atoms with van der Waals surface area (Å²) in [6, 6.07) is 8.79. The van der Waals surface area contributed by atoms with Crippen molar-refractivity contribution >= 4 is 34.4 Å². The van der Waals surface area contributed by atoms with Crippen molar-refractivity contribution in [2.75, 3.05) is 13.6 Å². The fraction of sp³-hybridized carbons (Fsp3) is 0.267. The van der Waals surface area contributed by atoms with E-state index in [2.05, 4.69) is 4.98 Å². The summed E-state index contributed by atoms with van der Waals surface area (Å²) in [7, 11) is 1.63. The standard InChI is InChI=1S/C15H15ClN2O3/c1-18(8-2-3-14(19)20)15(21)12-7-5-10-4-6-11(16)9-13(10)17-12/h4-7,9H,2-3,8H2,1H3,(H,19,20).